The molecule has 7 heteroatoms. The Bertz CT molecular complexity index is 378. The molecule has 0 radical (unpaired) electrons. The number of alkyl halides is 3. The van der Waals surface area contributed by atoms with E-state index in [0.29, 0.717) is 5.69 Å². The third kappa shape index (κ3) is 3.93. The highest BCUT2D eigenvalue weighted by molar-refractivity contribution is 7.09. The highest BCUT2D eigenvalue weighted by Crippen LogP contribution is 2.28. The minimum atomic E-state index is -4.32. The maximum absolute atomic E-state index is 13.0. The molecule has 1 heterocycles. The van der Waals surface area contributed by atoms with E-state index in [1.165, 1.54) is 23.3 Å². The predicted molar refractivity (Wildman–Crippen MR) is 66.4 cm³/mol. The lowest BCUT2D eigenvalue weighted by Crippen LogP contribution is -2.54. The molecule has 0 amide bonds. The molecular weight excluding hydrogens is 263 g/mol. The summed E-state index contributed by atoms with van der Waals surface area (Å²) in [6, 6.07) is -2.56. The second-order valence-electron chi connectivity index (χ2n) is 4.33. The summed E-state index contributed by atoms with van der Waals surface area (Å²) in [5, 5.41) is 2.62. The molecule has 2 atom stereocenters. The number of hydrogen-bond donors (Lipinski definition) is 1. The van der Waals surface area contributed by atoms with E-state index in [-0.39, 0.29) is 13.0 Å². The van der Waals surface area contributed by atoms with Crippen molar-refractivity contribution in [3.05, 3.63) is 16.1 Å². The first-order chi connectivity index (χ1) is 8.25. The smallest absolute Gasteiger partial charge is 0.326 e. The molecule has 0 aliphatic rings. The molecule has 1 aromatic heterocycles. The van der Waals surface area contributed by atoms with Gasteiger partial charge in [-0.2, -0.15) is 13.2 Å². The molecule has 0 aliphatic carbocycles. The first kappa shape index (κ1) is 15.4. The molecule has 104 valence electrons. The van der Waals surface area contributed by atoms with Crippen LogP contribution in [0, 0.1) is 6.92 Å². The molecule has 0 saturated heterocycles. The Morgan fingerprint density at radius 3 is 2.50 bits per heavy atom. The summed E-state index contributed by atoms with van der Waals surface area (Å²) >= 11 is 1.43. The fraction of sp³-hybridized carbons (Fsp3) is 0.727. The lowest BCUT2D eigenvalue weighted by Gasteiger charge is -2.33. The van der Waals surface area contributed by atoms with Crippen LogP contribution < -0.4 is 5.73 Å². The summed E-state index contributed by atoms with van der Waals surface area (Å²) in [6.07, 6.45) is -4.04. The van der Waals surface area contributed by atoms with Gasteiger partial charge in [0.15, 0.2) is 0 Å². The summed E-state index contributed by atoms with van der Waals surface area (Å²) in [5.74, 6) is 0. The molecule has 3 nitrogen and oxygen atoms in total. The predicted octanol–water partition coefficient (Wildman–Crippen LogP) is 2.55. The van der Waals surface area contributed by atoms with Gasteiger partial charge in [0.1, 0.15) is 6.04 Å². The highest BCUT2D eigenvalue weighted by Gasteiger charge is 2.45. The fourth-order valence-electron chi connectivity index (χ4n) is 1.88. The summed E-state index contributed by atoms with van der Waals surface area (Å²) in [5.41, 5.74) is 6.23. The minimum absolute atomic E-state index is 0.155. The first-order valence-corrected chi connectivity index (χ1v) is 6.57. The van der Waals surface area contributed by atoms with Crippen molar-refractivity contribution in [1.82, 2.24) is 9.88 Å². The number of thiazole rings is 1. The van der Waals surface area contributed by atoms with Crippen LogP contribution in [-0.4, -0.2) is 35.2 Å². The van der Waals surface area contributed by atoms with Gasteiger partial charge in [-0.15, -0.1) is 11.3 Å². The second-order valence-corrected chi connectivity index (χ2v) is 5.39. The summed E-state index contributed by atoms with van der Waals surface area (Å²) < 4.78 is 38.9. The Labute approximate surface area is 109 Å². The molecule has 18 heavy (non-hydrogen) atoms. The number of aromatic nitrogens is 1. The van der Waals surface area contributed by atoms with Crippen molar-refractivity contribution in [3.8, 4) is 0 Å². The van der Waals surface area contributed by atoms with Crippen LogP contribution in [0.25, 0.3) is 0 Å². The second kappa shape index (κ2) is 5.99. The van der Waals surface area contributed by atoms with Crippen LogP contribution >= 0.6 is 11.3 Å². The van der Waals surface area contributed by atoms with Crippen LogP contribution in [0.4, 0.5) is 13.2 Å². The molecule has 0 aromatic carbocycles. The normalized spacial score (nSPS) is 16.0. The van der Waals surface area contributed by atoms with Crippen molar-refractivity contribution in [2.45, 2.75) is 45.1 Å². The standard InChI is InChI=1S/C11H18F3N3S/c1-4-9(15)10(11(12,13)14)17(3)5-8-6-18-7(2)16-8/h6,9-10H,4-5,15H2,1-3H3. The van der Waals surface area contributed by atoms with Crippen molar-refractivity contribution >= 4 is 11.3 Å². The van der Waals surface area contributed by atoms with Gasteiger partial charge in [0.05, 0.1) is 10.7 Å². The molecule has 0 bridgehead atoms. The number of nitrogens with zero attached hydrogens (tertiary/aromatic N) is 2. The van der Waals surface area contributed by atoms with Gasteiger partial charge in [-0.25, -0.2) is 4.98 Å². The average molecular weight is 281 g/mol. The third-order valence-corrected chi connectivity index (χ3v) is 3.59. The van der Waals surface area contributed by atoms with Crippen LogP contribution in [0.1, 0.15) is 24.0 Å². The molecule has 0 aliphatic heterocycles. The SMILES string of the molecule is CCC(N)C(N(C)Cc1csc(C)n1)C(F)(F)F. The van der Waals surface area contributed by atoms with E-state index in [9.17, 15) is 13.2 Å². The average Bonchev–Trinajstić information content (AvgIpc) is 2.61. The van der Waals surface area contributed by atoms with Crippen molar-refractivity contribution in [3.63, 3.8) is 0 Å². The van der Waals surface area contributed by atoms with Gasteiger partial charge < -0.3 is 5.73 Å². The number of halogens is 3. The summed E-state index contributed by atoms with van der Waals surface area (Å²) in [4.78, 5) is 5.39. The van der Waals surface area contributed by atoms with Gasteiger partial charge in [-0.1, -0.05) is 6.92 Å². The van der Waals surface area contributed by atoms with Crippen LogP contribution in [0.15, 0.2) is 5.38 Å². The maximum atomic E-state index is 13.0. The molecule has 2 N–H and O–H groups in total. The lowest BCUT2D eigenvalue weighted by atomic mass is 10.0. The van der Waals surface area contributed by atoms with E-state index in [1.54, 1.807) is 12.3 Å². The van der Waals surface area contributed by atoms with Gasteiger partial charge >= 0.3 is 6.18 Å². The van der Waals surface area contributed by atoms with Crippen molar-refractivity contribution < 1.29 is 13.2 Å². The van der Waals surface area contributed by atoms with E-state index in [1.807, 2.05) is 6.92 Å². The number of likely N-dealkylation sites (N-methyl/N-ethyl adjacent to an activating group) is 1. The zero-order valence-corrected chi connectivity index (χ0v) is 11.5. The number of rotatable bonds is 5. The van der Waals surface area contributed by atoms with Crippen molar-refractivity contribution in [2.75, 3.05) is 7.05 Å². The van der Waals surface area contributed by atoms with Gasteiger partial charge in [0, 0.05) is 18.0 Å². The third-order valence-electron chi connectivity index (χ3n) is 2.77. The van der Waals surface area contributed by atoms with Gasteiger partial charge in [0.25, 0.3) is 0 Å². The van der Waals surface area contributed by atoms with Gasteiger partial charge in [0.2, 0.25) is 0 Å². The quantitative estimate of drug-likeness (QED) is 0.902. The zero-order valence-electron chi connectivity index (χ0n) is 10.7. The van der Waals surface area contributed by atoms with Crippen LogP contribution in [0.5, 0.6) is 0 Å². The van der Waals surface area contributed by atoms with E-state index in [0.717, 1.165) is 5.01 Å². The van der Waals surface area contributed by atoms with Crippen molar-refractivity contribution in [2.24, 2.45) is 5.73 Å². The molecular formula is C11H18F3N3S. The van der Waals surface area contributed by atoms with E-state index < -0.39 is 18.3 Å². The Kier molecular flexibility index (Phi) is 5.12. The number of aryl methyl sites for hydroxylation is 1. The first-order valence-electron chi connectivity index (χ1n) is 5.69. The summed E-state index contributed by atoms with van der Waals surface area (Å²) in [6.45, 7) is 3.64. The van der Waals surface area contributed by atoms with Crippen LogP contribution in [0.3, 0.4) is 0 Å². The van der Waals surface area contributed by atoms with E-state index >= 15 is 0 Å². The Hall–Kier alpha value is -0.660. The largest absolute Gasteiger partial charge is 0.405 e. The molecule has 0 spiro atoms. The number of hydrogen-bond acceptors (Lipinski definition) is 4. The Morgan fingerprint density at radius 1 is 1.50 bits per heavy atom. The van der Waals surface area contributed by atoms with Gasteiger partial charge in [-0.3, -0.25) is 4.90 Å². The van der Waals surface area contributed by atoms with Crippen LogP contribution in [-0.2, 0) is 6.54 Å². The summed E-state index contributed by atoms with van der Waals surface area (Å²) in [7, 11) is 1.43. The van der Waals surface area contributed by atoms with Gasteiger partial charge in [-0.05, 0) is 20.4 Å². The molecule has 0 saturated carbocycles. The van der Waals surface area contributed by atoms with E-state index in [4.69, 9.17) is 5.73 Å². The van der Waals surface area contributed by atoms with Crippen molar-refractivity contribution in [1.29, 1.82) is 0 Å². The highest BCUT2D eigenvalue weighted by atomic mass is 32.1. The molecule has 1 rings (SSSR count). The Balaban J connectivity index is 2.79. The number of nitrogens with two attached hydrogens (primary N) is 1. The molecule has 0 fully saturated rings. The van der Waals surface area contributed by atoms with Crippen LogP contribution in [0.2, 0.25) is 0 Å². The van der Waals surface area contributed by atoms with E-state index in [2.05, 4.69) is 4.98 Å². The lowest BCUT2D eigenvalue weighted by molar-refractivity contribution is -0.187. The maximum Gasteiger partial charge on any atom is 0.405 e. The monoisotopic (exact) mass is 281 g/mol. The minimum Gasteiger partial charge on any atom is -0.326 e. The molecule has 2 unspecified atom stereocenters. The fourth-order valence-corrected chi connectivity index (χ4v) is 2.48. The topological polar surface area (TPSA) is 42.1 Å². The Morgan fingerprint density at radius 2 is 2.11 bits per heavy atom. The molecule has 1 aromatic rings. The zero-order chi connectivity index (χ0) is 13.9.